The molecule has 0 aliphatic heterocycles. The van der Waals surface area contributed by atoms with Gasteiger partial charge in [-0.05, 0) is 54.6 Å². The van der Waals surface area contributed by atoms with E-state index in [1.54, 1.807) is 55.6 Å². The van der Waals surface area contributed by atoms with Crippen molar-refractivity contribution in [2.24, 2.45) is 0 Å². The van der Waals surface area contributed by atoms with Gasteiger partial charge in [0.1, 0.15) is 10.6 Å². The number of benzene rings is 3. The van der Waals surface area contributed by atoms with Gasteiger partial charge >= 0.3 is 0 Å². The normalized spacial score (nSPS) is 10.7. The van der Waals surface area contributed by atoms with E-state index in [-0.39, 0.29) is 11.7 Å². The molecule has 0 atom stereocenters. The summed E-state index contributed by atoms with van der Waals surface area (Å²) in [4.78, 5) is 25.7. The fourth-order valence-electron chi connectivity index (χ4n) is 2.96. The van der Waals surface area contributed by atoms with Gasteiger partial charge < -0.3 is 10.1 Å². The van der Waals surface area contributed by atoms with E-state index in [0.29, 0.717) is 32.5 Å². The number of ether oxygens (including phenoxy) is 1. The second-order valence-electron chi connectivity index (χ2n) is 6.33. The predicted octanol–water partition coefficient (Wildman–Crippen LogP) is 6.05. The van der Waals surface area contributed by atoms with E-state index < -0.39 is 0 Å². The number of fused-ring (bicyclic) bond motifs is 1. The predicted molar refractivity (Wildman–Crippen MR) is 118 cm³/mol. The lowest BCUT2D eigenvalue weighted by atomic mass is 10.0. The Morgan fingerprint density at radius 1 is 0.897 bits per heavy atom. The molecular weight excluding hydrogens is 406 g/mol. The van der Waals surface area contributed by atoms with Crippen LogP contribution in [0.2, 0.25) is 5.02 Å². The van der Waals surface area contributed by atoms with Crippen molar-refractivity contribution < 1.29 is 14.3 Å². The maximum absolute atomic E-state index is 12.6. The van der Waals surface area contributed by atoms with Gasteiger partial charge in [-0.2, -0.15) is 0 Å². The van der Waals surface area contributed by atoms with E-state index >= 15 is 0 Å². The molecule has 1 aromatic heterocycles. The van der Waals surface area contributed by atoms with Gasteiger partial charge in [-0.25, -0.2) is 0 Å². The summed E-state index contributed by atoms with van der Waals surface area (Å²) < 4.78 is 6.07. The Kier molecular flexibility index (Phi) is 5.34. The molecule has 29 heavy (non-hydrogen) atoms. The Balaban J connectivity index is 1.50. The molecule has 0 fully saturated rings. The number of carbonyl (C=O) groups is 2. The zero-order valence-corrected chi connectivity index (χ0v) is 17.0. The van der Waals surface area contributed by atoms with Gasteiger partial charge in [0.25, 0.3) is 5.91 Å². The summed E-state index contributed by atoms with van der Waals surface area (Å²) in [5.74, 6) is 0.322. The first-order valence-corrected chi connectivity index (χ1v) is 10.0. The molecule has 0 saturated heterocycles. The quantitative estimate of drug-likeness (QED) is 0.399. The largest absolute Gasteiger partial charge is 0.497 e. The molecule has 1 heterocycles. The van der Waals surface area contributed by atoms with Crippen LogP contribution in [0, 0.1) is 0 Å². The standard InChI is InChI=1S/C23H16ClNO3S/c1-28-17-12-8-15(9-13-17)21(26)14-6-10-16(11-7-14)25-23(27)22-20(24)18-4-2-3-5-19(18)29-22/h2-13H,1H3,(H,25,27). The molecule has 0 unspecified atom stereocenters. The summed E-state index contributed by atoms with van der Waals surface area (Å²) in [5.41, 5.74) is 1.70. The number of methoxy groups -OCH3 is 1. The molecule has 4 nitrogen and oxygen atoms in total. The lowest BCUT2D eigenvalue weighted by Gasteiger charge is -2.06. The van der Waals surface area contributed by atoms with E-state index in [1.165, 1.54) is 11.3 Å². The third kappa shape index (κ3) is 3.88. The van der Waals surface area contributed by atoms with Gasteiger partial charge in [0.2, 0.25) is 0 Å². The van der Waals surface area contributed by atoms with Crippen molar-refractivity contribution in [3.8, 4) is 5.75 Å². The van der Waals surface area contributed by atoms with Gasteiger partial charge in [-0.3, -0.25) is 9.59 Å². The first kappa shape index (κ1) is 19.2. The Labute approximate surface area is 176 Å². The molecule has 0 spiro atoms. The molecule has 0 aliphatic carbocycles. The van der Waals surface area contributed by atoms with Crippen LogP contribution >= 0.6 is 22.9 Å². The highest BCUT2D eigenvalue weighted by Crippen LogP contribution is 2.35. The molecule has 144 valence electrons. The van der Waals surface area contributed by atoms with Crippen LogP contribution in [0.5, 0.6) is 5.75 Å². The minimum atomic E-state index is -0.273. The van der Waals surface area contributed by atoms with E-state index in [9.17, 15) is 9.59 Å². The van der Waals surface area contributed by atoms with Crippen LogP contribution in [0.4, 0.5) is 5.69 Å². The molecule has 1 N–H and O–H groups in total. The number of ketones is 1. The zero-order valence-electron chi connectivity index (χ0n) is 15.4. The lowest BCUT2D eigenvalue weighted by Crippen LogP contribution is -2.11. The van der Waals surface area contributed by atoms with Crippen LogP contribution in [0.1, 0.15) is 25.6 Å². The summed E-state index contributed by atoms with van der Waals surface area (Å²) in [6.45, 7) is 0. The summed E-state index contributed by atoms with van der Waals surface area (Å²) >= 11 is 7.72. The average Bonchev–Trinajstić information content (AvgIpc) is 3.11. The SMILES string of the molecule is COc1ccc(C(=O)c2ccc(NC(=O)c3sc4ccccc4c3Cl)cc2)cc1. The molecule has 0 aliphatic rings. The molecule has 3 aromatic carbocycles. The number of carbonyl (C=O) groups excluding carboxylic acids is 2. The number of hydrogen-bond acceptors (Lipinski definition) is 4. The summed E-state index contributed by atoms with van der Waals surface area (Å²) in [6.07, 6.45) is 0. The second kappa shape index (κ2) is 8.07. The summed E-state index contributed by atoms with van der Waals surface area (Å²) in [7, 11) is 1.58. The van der Waals surface area contributed by atoms with E-state index in [4.69, 9.17) is 16.3 Å². The topological polar surface area (TPSA) is 55.4 Å². The van der Waals surface area contributed by atoms with Gasteiger partial charge in [0.15, 0.2) is 5.78 Å². The van der Waals surface area contributed by atoms with Crippen LogP contribution < -0.4 is 10.1 Å². The maximum Gasteiger partial charge on any atom is 0.267 e. The van der Waals surface area contributed by atoms with E-state index in [0.717, 1.165) is 10.1 Å². The summed E-state index contributed by atoms with van der Waals surface area (Å²) in [5, 5.41) is 4.16. The Morgan fingerprint density at radius 2 is 1.52 bits per heavy atom. The molecule has 0 radical (unpaired) electrons. The van der Waals surface area contributed by atoms with Crippen molar-refractivity contribution >= 4 is 50.4 Å². The van der Waals surface area contributed by atoms with Crippen molar-refractivity contribution in [3.63, 3.8) is 0 Å². The highest BCUT2D eigenvalue weighted by atomic mass is 35.5. The van der Waals surface area contributed by atoms with Crippen LogP contribution in [0.3, 0.4) is 0 Å². The average molecular weight is 422 g/mol. The van der Waals surface area contributed by atoms with E-state index in [1.807, 2.05) is 24.3 Å². The minimum absolute atomic E-state index is 0.0990. The second-order valence-corrected chi connectivity index (χ2v) is 7.76. The highest BCUT2D eigenvalue weighted by Gasteiger charge is 2.17. The highest BCUT2D eigenvalue weighted by molar-refractivity contribution is 7.21. The third-order valence-electron chi connectivity index (χ3n) is 4.50. The molecule has 1 amide bonds. The van der Waals surface area contributed by atoms with Crippen LogP contribution in [-0.4, -0.2) is 18.8 Å². The third-order valence-corrected chi connectivity index (χ3v) is 6.17. The molecule has 0 saturated carbocycles. The first-order chi connectivity index (χ1) is 14.1. The Bertz CT molecular complexity index is 1200. The number of rotatable bonds is 5. The van der Waals surface area contributed by atoms with Gasteiger partial charge in [-0.15, -0.1) is 11.3 Å². The molecule has 4 aromatic rings. The van der Waals surface area contributed by atoms with Crippen molar-refractivity contribution in [2.75, 3.05) is 12.4 Å². The molecule has 4 rings (SSSR count). The zero-order chi connectivity index (χ0) is 20.4. The van der Waals surface area contributed by atoms with Crippen molar-refractivity contribution in [3.05, 3.63) is 93.8 Å². The number of anilines is 1. The molecule has 6 heteroatoms. The molecular formula is C23H16ClNO3S. The number of thiophene rings is 1. The minimum Gasteiger partial charge on any atom is -0.497 e. The van der Waals surface area contributed by atoms with Crippen molar-refractivity contribution in [2.45, 2.75) is 0 Å². The first-order valence-electron chi connectivity index (χ1n) is 8.84. The summed E-state index contributed by atoms with van der Waals surface area (Å²) in [6, 6.07) is 21.4. The van der Waals surface area contributed by atoms with Gasteiger partial charge in [0.05, 0.1) is 12.1 Å². The molecule has 0 bridgehead atoms. The van der Waals surface area contributed by atoms with Crippen LogP contribution in [0.15, 0.2) is 72.8 Å². The fourth-order valence-corrected chi connectivity index (χ4v) is 4.37. The fraction of sp³-hybridized carbons (Fsp3) is 0.0435. The lowest BCUT2D eigenvalue weighted by molar-refractivity contribution is 0.102. The Hall–Kier alpha value is -3.15. The van der Waals surface area contributed by atoms with Crippen molar-refractivity contribution in [1.82, 2.24) is 0 Å². The van der Waals surface area contributed by atoms with Gasteiger partial charge in [0, 0.05) is 26.9 Å². The number of amides is 1. The van der Waals surface area contributed by atoms with Crippen molar-refractivity contribution in [1.29, 1.82) is 0 Å². The number of hydrogen-bond donors (Lipinski definition) is 1. The maximum atomic E-state index is 12.6. The van der Waals surface area contributed by atoms with E-state index in [2.05, 4.69) is 5.32 Å². The van der Waals surface area contributed by atoms with Crippen LogP contribution in [-0.2, 0) is 0 Å². The Morgan fingerprint density at radius 3 is 2.14 bits per heavy atom. The van der Waals surface area contributed by atoms with Gasteiger partial charge in [-0.1, -0.05) is 29.8 Å². The van der Waals surface area contributed by atoms with Crippen LogP contribution in [0.25, 0.3) is 10.1 Å². The number of halogens is 1. The number of nitrogens with one attached hydrogen (secondary N) is 1. The smallest absolute Gasteiger partial charge is 0.267 e. The monoisotopic (exact) mass is 421 g/mol.